The third kappa shape index (κ3) is 3.68. The molecule has 7 nitrogen and oxygen atoms in total. The summed E-state index contributed by atoms with van der Waals surface area (Å²) >= 11 is 0. The molecule has 1 saturated heterocycles. The molecule has 2 aromatic carbocycles. The molecule has 2 heterocycles. The summed E-state index contributed by atoms with van der Waals surface area (Å²) in [4.78, 5) is 28.3. The van der Waals surface area contributed by atoms with Crippen LogP contribution in [0.1, 0.15) is 50.4 Å². The Morgan fingerprint density at radius 2 is 1.59 bits per heavy atom. The van der Waals surface area contributed by atoms with Crippen LogP contribution in [0.5, 0.6) is 11.5 Å². The van der Waals surface area contributed by atoms with Crippen LogP contribution in [-0.4, -0.2) is 44.0 Å². The standard InChI is InChI=1S/C25H28N2O5/c1-14-8-9-15(2)22-21(14)16(3)23(32-22)24(28)26-18-13-20(31-5)19(30-4)12-17(18)25(29)27-10-6-7-11-27/h8-9,12-13H,6-7,10-11H2,1-5H3,(H,26,28). The van der Waals surface area contributed by atoms with E-state index in [2.05, 4.69) is 5.32 Å². The number of fused-ring (bicyclic) bond motifs is 1. The number of hydrogen-bond donors (Lipinski definition) is 1. The summed E-state index contributed by atoms with van der Waals surface area (Å²) in [5.74, 6) is 0.520. The molecule has 32 heavy (non-hydrogen) atoms. The molecule has 1 aliphatic rings. The highest BCUT2D eigenvalue weighted by atomic mass is 16.5. The molecule has 0 spiro atoms. The number of nitrogens with one attached hydrogen (secondary N) is 1. The number of amides is 2. The minimum atomic E-state index is -0.416. The molecule has 0 atom stereocenters. The van der Waals surface area contributed by atoms with Crippen molar-refractivity contribution in [3.8, 4) is 11.5 Å². The average molecular weight is 437 g/mol. The molecule has 0 saturated carbocycles. The number of aryl methyl sites for hydroxylation is 3. The molecule has 1 aromatic heterocycles. The zero-order valence-corrected chi connectivity index (χ0v) is 19.1. The molecular formula is C25H28N2O5. The normalized spacial score (nSPS) is 13.5. The Balaban J connectivity index is 1.76. The molecule has 0 aliphatic carbocycles. The molecule has 1 fully saturated rings. The van der Waals surface area contributed by atoms with Gasteiger partial charge in [-0.2, -0.15) is 0 Å². The number of carbonyl (C=O) groups is 2. The van der Waals surface area contributed by atoms with Gasteiger partial charge in [-0.3, -0.25) is 9.59 Å². The van der Waals surface area contributed by atoms with Gasteiger partial charge >= 0.3 is 0 Å². The van der Waals surface area contributed by atoms with Crippen molar-refractivity contribution in [2.75, 3.05) is 32.6 Å². The molecule has 2 amide bonds. The Hall–Kier alpha value is -3.48. The monoisotopic (exact) mass is 436 g/mol. The first kappa shape index (κ1) is 21.7. The van der Waals surface area contributed by atoms with Crippen molar-refractivity contribution in [1.82, 2.24) is 4.90 Å². The first-order valence-electron chi connectivity index (χ1n) is 10.7. The lowest BCUT2D eigenvalue weighted by Crippen LogP contribution is -2.29. The second-order valence-electron chi connectivity index (χ2n) is 8.17. The fourth-order valence-corrected chi connectivity index (χ4v) is 4.32. The maximum absolute atomic E-state index is 13.3. The summed E-state index contributed by atoms with van der Waals surface area (Å²) in [6, 6.07) is 7.23. The summed E-state index contributed by atoms with van der Waals surface area (Å²) in [6.07, 6.45) is 1.94. The Morgan fingerprint density at radius 1 is 0.969 bits per heavy atom. The summed E-state index contributed by atoms with van der Waals surface area (Å²) in [7, 11) is 3.03. The Kier molecular flexibility index (Phi) is 5.82. The maximum atomic E-state index is 13.3. The van der Waals surface area contributed by atoms with E-state index in [1.165, 1.54) is 14.2 Å². The minimum absolute atomic E-state index is 0.147. The highest BCUT2D eigenvalue weighted by molar-refractivity contribution is 6.11. The molecule has 1 aliphatic heterocycles. The minimum Gasteiger partial charge on any atom is -0.493 e. The molecule has 0 unspecified atom stereocenters. The van der Waals surface area contributed by atoms with Gasteiger partial charge in [-0.1, -0.05) is 12.1 Å². The van der Waals surface area contributed by atoms with Gasteiger partial charge in [0.05, 0.1) is 25.5 Å². The van der Waals surface area contributed by atoms with Crippen LogP contribution in [0.25, 0.3) is 11.0 Å². The van der Waals surface area contributed by atoms with Gasteiger partial charge in [-0.25, -0.2) is 0 Å². The van der Waals surface area contributed by atoms with Gasteiger partial charge in [0.25, 0.3) is 11.8 Å². The first-order valence-corrected chi connectivity index (χ1v) is 10.7. The molecule has 168 valence electrons. The molecular weight excluding hydrogens is 408 g/mol. The Labute approximate surface area is 187 Å². The third-order valence-electron chi connectivity index (χ3n) is 6.08. The molecule has 0 radical (unpaired) electrons. The molecule has 0 bridgehead atoms. The van der Waals surface area contributed by atoms with Crippen molar-refractivity contribution in [2.24, 2.45) is 0 Å². The van der Waals surface area contributed by atoms with E-state index in [-0.39, 0.29) is 11.7 Å². The summed E-state index contributed by atoms with van der Waals surface area (Å²) in [6.45, 7) is 7.21. The highest BCUT2D eigenvalue weighted by Gasteiger charge is 2.27. The van der Waals surface area contributed by atoms with E-state index in [4.69, 9.17) is 13.9 Å². The van der Waals surface area contributed by atoms with Gasteiger partial charge in [-0.05, 0) is 50.8 Å². The van der Waals surface area contributed by atoms with Crippen LogP contribution in [0.2, 0.25) is 0 Å². The lowest BCUT2D eigenvalue weighted by atomic mass is 10.0. The van der Waals surface area contributed by atoms with E-state index in [1.807, 2.05) is 32.9 Å². The van der Waals surface area contributed by atoms with Gasteiger partial charge < -0.3 is 24.1 Å². The van der Waals surface area contributed by atoms with Gasteiger partial charge in [-0.15, -0.1) is 0 Å². The number of rotatable bonds is 5. The zero-order valence-electron chi connectivity index (χ0n) is 19.1. The number of carbonyl (C=O) groups excluding carboxylic acids is 2. The second kappa shape index (κ2) is 8.57. The maximum Gasteiger partial charge on any atom is 0.291 e. The average Bonchev–Trinajstić information content (AvgIpc) is 3.44. The molecule has 7 heteroatoms. The van der Waals surface area contributed by atoms with E-state index in [1.54, 1.807) is 17.0 Å². The quantitative estimate of drug-likeness (QED) is 0.618. The fraction of sp³-hybridized carbons (Fsp3) is 0.360. The van der Waals surface area contributed by atoms with Gasteiger partial charge in [0, 0.05) is 30.1 Å². The van der Waals surface area contributed by atoms with Crippen LogP contribution < -0.4 is 14.8 Å². The number of likely N-dealkylation sites (tertiary alicyclic amines) is 1. The van der Waals surface area contributed by atoms with Crippen molar-refractivity contribution in [3.05, 3.63) is 52.3 Å². The lowest BCUT2D eigenvalue weighted by molar-refractivity contribution is 0.0793. The number of methoxy groups -OCH3 is 2. The zero-order chi connectivity index (χ0) is 23.0. The lowest BCUT2D eigenvalue weighted by Gasteiger charge is -2.20. The van der Waals surface area contributed by atoms with Crippen molar-refractivity contribution in [2.45, 2.75) is 33.6 Å². The fourth-order valence-electron chi connectivity index (χ4n) is 4.32. The van der Waals surface area contributed by atoms with Gasteiger partial charge in [0.2, 0.25) is 0 Å². The van der Waals surface area contributed by atoms with Crippen molar-refractivity contribution in [1.29, 1.82) is 0 Å². The van der Waals surface area contributed by atoms with E-state index >= 15 is 0 Å². The molecule has 1 N–H and O–H groups in total. The van der Waals surface area contributed by atoms with E-state index < -0.39 is 5.91 Å². The number of hydrogen-bond acceptors (Lipinski definition) is 5. The largest absolute Gasteiger partial charge is 0.493 e. The third-order valence-corrected chi connectivity index (χ3v) is 6.08. The molecule has 3 aromatic rings. The van der Waals surface area contributed by atoms with Crippen LogP contribution in [0.4, 0.5) is 5.69 Å². The number of benzene rings is 2. The number of nitrogens with zero attached hydrogens (tertiary/aromatic N) is 1. The van der Waals surface area contributed by atoms with Crippen molar-refractivity contribution >= 4 is 28.5 Å². The second-order valence-corrected chi connectivity index (χ2v) is 8.17. The topological polar surface area (TPSA) is 81.0 Å². The van der Waals surface area contributed by atoms with Crippen LogP contribution in [-0.2, 0) is 0 Å². The Bertz CT molecular complexity index is 1200. The SMILES string of the molecule is COc1cc(NC(=O)c2oc3c(C)ccc(C)c3c2C)c(C(=O)N2CCCC2)cc1OC. The summed E-state index contributed by atoms with van der Waals surface area (Å²) in [5.41, 5.74) is 4.20. The number of furan rings is 1. The smallest absolute Gasteiger partial charge is 0.291 e. The number of ether oxygens (including phenoxy) is 2. The van der Waals surface area contributed by atoms with Crippen LogP contribution in [0.3, 0.4) is 0 Å². The summed E-state index contributed by atoms with van der Waals surface area (Å²) in [5, 5.41) is 3.82. The van der Waals surface area contributed by atoms with Crippen LogP contribution in [0.15, 0.2) is 28.7 Å². The van der Waals surface area contributed by atoms with E-state index in [0.717, 1.165) is 34.9 Å². The first-order chi connectivity index (χ1) is 15.3. The van der Waals surface area contributed by atoms with Gasteiger partial charge in [0.15, 0.2) is 17.3 Å². The predicted molar refractivity (Wildman–Crippen MR) is 123 cm³/mol. The molecule has 4 rings (SSSR count). The number of anilines is 1. The predicted octanol–water partition coefficient (Wildman–Crippen LogP) is 4.86. The van der Waals surface area contributed by atoms with Gasteiger partial charge in [0.1, 0.15) is 5.58 Å². The van der Waals surface area contributed by atoms with Crippen molar-refractivity contribution in [3.63, 3.8) is 0 Å². The highest BCUT2D eigenvalue weighted by Crippen LogP contribution is 2.36. The Morgan fingerprint density at radius 3 is 2.22 bits per heavy atom. The van der Waals surface area contributed by atoms with E-state index in [0.29, 0.717) is 41.4 Å². The van der Waals surface area contributed by atoms with E-state index in [9.17, 15) is 9.59 Å². The van der Waals surface area contributed by atoms with Crippen LogP contribution in [0, 0.1) is 20.8 Å². The summed E-state index contributed by atoms with van der Waals surface area (Å²) < 4.78 is 16.8. The van der Waals surface area contributed by atoms with Crippen molar-refractivity contribution < 1.29 is 23.5 Å². The van der Waals surface area contributed by atoms with Crippen LogP contribution >= 0.6 is 0 Å².